The SMILES string of the molecule is Nc1ncc(-c2cccc(C(=O)NCc3ccc(Cl)c(Cl)c3)c2)nc1C(=O)N[C@H]1CCN(C(=O)O)C1. The van der Waals surface area contributed by atoms with E-state index >= 15 is 0 Å². The molecule has 0 unspecified atom stereocenters. The van der Waals surface area contributed by atoms with Crippen LogP contribution in [0, 0.1) is 0 Å². The molecular weight excluding hydrogens is 507 g/mol. The van der Waals surface area contributed by atoms with Crippen molar-refractivity contribution in [3.8, 4) is 11.3 Å². The molecular formula is C24H22Cl2N6O4. The fourth-order valence-corrected chi connectivity index (χ4v) is 4.08. The molecule has 2 aromatic carbocycles. The Labute approximate surface area is 216 Å². The predicted molar refractivity (Wildman–Crippen MR) is 135 cm³/mol. The number of halogens is 2. The summed E-state index contributed by atoms with van der Waals surface area (Å²) in [5.74, 6) is -0.914. The van der Waals surface area contributed by atoms with Gasteiger partial charge in [0.2, 0.25) is 0 Å². The molecule has 0 radical (unpaired) electrons. The van der Waals surface area contributed by atoms with Gasteiger partial charge in [-0.1, -0.05) is 41.4 Å². The number of amides is 3. The molecule has 1 aliphatic rings. The maximum atomic E-state index is 12.8. The Morgan fingerprint density at radius 1 is 1.11 bits per heavy atom. The molecule has 3 amide bonds. The normalized spacial score (nSPS) is 14.9. The molecule has 5 N–H and O–H groups in total. The minimum atomic E-state index is -1.03. The summed E-state index contributed by atoms with van der Waals surface area (Å²) in [5.41, 5.74) is 7.92. The first kappa shape index (κ1) is 25.2. The van der Waals surface area contributed by atoms with E-state index in [4.69, 9.17) is 34.0 Å². The maximum Gasteiger partial charge on any atom is 0.407 e. The van der Waals surface area contributed by atoms with Gasteiger partial charge in [-0.25, -0.2) is 14.8 Å². The number of nitrogen functional groups attached to an aromatic ring is 1. The fourth-order valence-electron chi connectivity index (χ4n) is 3.76. The van der Waals surface area contributed by atoms with E-state index in [0.29, 0.717) is 39.8 Å². The Balaban J connectivity index is 1.46. The number of carboxylic acid groups (broad SMARTS) is 1. The molecule has 4 rings (SSSR count). The lowest BCUT2D eigenvalue weighted by atomic mass is 10.1. The zero-order valence-corrected chi connectivity index (χ0v) is 20.4. The fraction of sp³-hybridized carbons (Fsp3) is 0.208. The molecule has 12 heteroatoms. The molecule has 1 aromatic heterocycles. The highest BCUT2D eigenvalue weighted by Crippen LogP contribution is 2.23. The molecule has 0 spiro atoms. The highest BCUT2D eigenvalue weighted by Gasteiger charge is 2.28. The van der Waals surface area contributed by atoms with Gasteiger partial charge in [-0.05, 0) is 36.2 Å². The van der Waals surface area contributed by atoms with E-state index in [1.165, 1.54) is 11.1 Å². The number of nitrogens with zero attached hydrogens (tertiary/aromatic N) is 3. The highest BCUT2D eigenvalue weighted by molar-refractivity contribution is 6.42. The first-order valence-electron chi connectivity index (χ1n) is 10.9. The van der Waals surface area contributed by atoms with Gasteiger partial charge in [-0.2, -0.15) is 0 Å². The minimum Gasteiger partial charge on any atom is -0.465 e. The molecule has 10 nitrogen and oxygen atoms in total. The van der Waals surface area contributed by atoms with Gasteiger partial charge < -0.3 is 26.4 Å². The lowest BCUT2D eigenvalue weighted by Gasteiger charge is -2.14. The third-order valence-electron chi connectivity index (χ3n) is 5.67. The summed E-state index contributed by atoms with van der Waals surface area (Å²) in [6.07, 6.45) is 0.874. The monoisotopic (exact) mass is 528 g/mol. The average Bonchev–Trinajstić information content (AvgIpc) is 3.33. The largest absolute Gasteiger partial charge is 0.465 e. The van der Waals surface area contributed by atoms with Crippen molar-refractivity contribution in [1.29, 1.82) is 0 Å². The first-order valence-corrected chi connectivity index (χ1v) is 11.7. The Bertz CT molecular complexity index is 1340. The van der Waals surface area contributed by atoms with E-state index in [1.807, 2.05) is 0 Å². The topological polar surface area (TPSA) is 151 Å². The van der Waals surface area contributed by atoms with Crippen molar-refractivity contribution in [2.45, 2.75) is 19.0 Å². The second kappa shape index (κ2) is 10.8. The molecule has 3 aromatic rings. The Morgan fingerprint density at radius 2 is 1.92 bits per heavy atom. The number of rotatable bonds is 6. The van der Waals surface area contributed by atoms with E-state index in [9.17, 15) is 14.4 Å². The number of carbonyl (C=O) groups excluding carboxylic acids is 2. The number of carbonyl (C=O) groups is 3. The Hall–Kier alpha value is -3.89. The number of nitrogens with two attached hydrogens (primary N) is 1. The Morgan fingerprint density at radius 3 is 2.64 bits per heavy atom. The molecule has 1 atom stereocenters. The zero-order chi connectivity index (χ0) is 25.8. The maximum absolute atomic E-state index is 12.8. The number of likely N-dealkylation sites (tertiary alicyclic amines) is 1. The zero-order valence-electron chi connectivity index (χ0n) is 18.9. The number of benzene rings is 2. The van der Waals surface area contributed by atoms with E-state index in [0.717, 1.165) is 5.56 Å². The van der Waals surface area contributed by atoms with Crippen LogP contribution in [0.15, 0.2) is 48.7 Å². The minimum absolute atomic E-state index is 0.0557. The van der Waals surface area contributed by atoms with Crippen LogP contribution in [-0.2, 0) is 6.54 Å². The van der Waals surface area contributed by atoms with Crippen LogP contribution in [-0.4, -0.2) is 57.0 Å². The standard InChI is InChI=1S/C24H22Cl2N6O4/c25-17-5-4-13(8-18(17)26)10-29-22(33)15-3-1-2-14(9-15)19-11-28-21(27)20(31-19)23(34)30-16-6-7-32(12-16)24(35)36/h1-5,8-9,11,16H,6-7,10,12H2,(H2,27,28)(H,29,33)(H,30,34)(H,35,36)/t16-/m0/s1. The predicted octanol–water partition coefficient (Wildman–Crippen LogP) is 3.44. The number of hydrogen-bond acceptors (Lipinski definition) is 6. The second-order valence-electron chi connectivity index (χ2n) is 8.19. The van der Waals surface area contributed by atoms with Crippen LogP contribution in [0.1, 0.15) is 32.8 Å². The number of aromatic nitrogens is 2. The molecule has 186 valence electrons. The molecule has 1 fully saturated rings. The van der Waals surface area contributed by atoms with Crippen LogP contribution in [0.5, 0.6) is 0 Å². The van der Waals surface area contributed by atoms with Crippen molar-refractivity contribution < 1.29 is 19.5 Å². The molecule has 36 heavy (non-hydrogen) atoms. The lowest BCUT2D eigenvalue weighted by Crippen LogP contribution is -2.38. The first-order chi connectivity index (χ1) is 17.2. The van der Waals surface area contributed by atoms with Crippen LogP contribution in [0.25, 0.3) is 11.3 Å². The van der Waals surface area contributed by atoms with Gasteiger partial charge in [-0.15, -0.1) is 0 Å². The molecule has 0 aliphatic carbocycles. The molecule has 2 heterocycles. The van der Waals surface area contributed by atoms with Gasteiger partial charge >= 0.3 is 6.09 Å². The summed E-state index contributed by atoms with van der Waals surface area (Å²) in [7, 11) is 0. The summed E-state index contributed by atoms with van der Waals surface area (Å²) in [5, 5.41) is 15.5. The van der Waals surface area contributed by atoms with Gasteiger partial charge in [0.25, 0.3) is 11.8 Å². The van der Waals surface area contributed by atoms with Crippen LogP contribution >= 0.6 is 23.2 Å². The summed E-state index contributed by atoms with van der Waals surface area (Å²) < 4.78 is 0. The van der Waals surface area contributed by atoms with Crippen LogP contribution in [0.4, 0.5) is 10.6 Å². The van der Waals surface area contributed by atoms with Gasteiger partial charge in [0.05, 0.1) is 21.9 Å². The van der Waals surface area contributed by atoms with E-state index < -0.39 is 12.0 Å². The van der Waals surface area contributed by atoms with Crippen molar-refractivity contribution >= 4 is 46.9 Å². The average molecular weight is 529 g/mol. The molecule has 0 bridgehead atoms. The Kier molecular flexibility index (Phi) is 7.56. The van der Waals surface area contributed by atoms with E-state index in [-0.39, 0.29) is 36.6 Å². The lowest BCUT2D eigenvalue weighted by molar-refractivity contribution is 0.0928. The van der Waals surface area contributed by atoms with Crippen LogP contribution < -0.4 is 16.4 Å². The third kappa shape index (κ3) is 5.84. The second-order valence-corrected chi connectivity index (χ2v) is 9.00. The quantitative estimate of drug-likeness (QED) is 0.382. The van der Waals surface area contributed by atoms with Crippen molar-refractivity contribution in [3.05, 3.63) is 75.5 Å². The molecule has 1 aliphatic heterocycles. The van der Waals surface area contributed by atoms with Crippen molar-refractivity contribution in [2.75, 3.05) is 18.8 Å². The summed E-state index contributed by atoms with van der Waals surface area (Å²) in [6, 6.07) is 11.5. The third-order valence-corrected chi connectivity index (χ3v) is 6.41. The van der Waals surface area contributed by atoms with Gasteiger partial charge in [0.15, 0.2) is 11.5 Å². The van der Waals surface area contributed by atoms with Crippen molar-refractivity contribution in [2.24, 2.45) is 0 Å². The number of anilines is 1. The van der Waals surface area contributed by atoms with Crippen LogP contribution in [0.3, 0.4) is 0 Å². The van der Waals surface area contributed by atoms with E-state index in [1.54, 1.807) is 42.5 Å². The molecule has 1 saturated heterocycles. The highest BCUT2D eigenvalue weighted by atomic mass is 35.5. The van der Waals surface area contributed by atoms with Gasteiger partial charge in [0.1, 0.15) is 0 Å². The van der Waals surface area contributed by atoms with Crippen LogP contribution in [0.2, 0.25) is 10.0 Å². The summed E-state index contributed by atoms with van der Waals surface area (Å²) in [4.78, 5) is 46.3. The smallest absolute Gasteiger partial charge is 0.407 e. The van der Waals surface area contributed by atoms with Crippen molar-refractivity contribution in [1.82, 2.24) is 25.5 Å². The number of nitrogens with one attached hydrogen (secondary N) is 2. The van der Waals surface area contributed by atoms with Gasteiger partial charge in [-0.3, -0.25) is 9.59 Å². The number of hydrogen-bond donors (Lipinski definition) is 4. The molecule has 0 saturated carbocycles. The summed E-state index contributed by atoms with van der Waals surface area (Å²) >= 11 is 12.0. The van der Waals surface area contributed by atoms with Gasteiger partial charge in [0, 0.05) is 36.8 Å². The summed E-state index contributed by atoms with van der Waals surface area (Å²) in [6.45, 7) is 0.779. The van der Waals surface area contributed by atoms with E-state index in [2.05, 4.69) is 20.6 Å². The van der Waals surface area contributed by atoms with Crippen molar-refractivity contribution in [3.63, 3.8) is 0 Å².